The van der Waals surface area contributed by atoms with Gasteiger partial charge in [-0.15, -0.1) is 6.58 Å². The first-order chi connectivity index (χ1) is 16.6. The minimum atomic E-state index is -1.03. The van der Waals surface area contributed by atoms with E-state index in [1.165, 1.54) is 0 Å². The summed E-state index contributed by atoms with van der Waals surface area (Å²) in [5, 5.41) is 5.27. The summed E-state index contributed by atoms with van der Waals surface area (Å²) in [6.07, 6.45) is 2.28. The van der Waals surface area contributed by atoms with E-state index in [2.05, 4.69) is 17.2 Å². The van der Waals surface area contributed by atoms with Crippen LogP contribution in [0, 0.1) is 0 Å². The van der Waals surface area contributed by atoms with Crippen LogP contribution in [0.25, 0.3) is 11.1 Å². The molecule has 4 rings (SSSR count). The minimum absolute atomic E-state index is 0.0296. The van der Waals surface area contributed by atoms with Gasteiger partial charge in [-0.3, -0.25) is 9.59 Å². The average molecular weight is 455 g/mol. The van der Waals surface area contributed by atoms with Crippen LogP contribution in [0.3, 0.4) is 0 Å². The van der Waals surface area contributed by atoms with Crippen LogP contribution in [-0.2, 0) is 19.1 Å². The molecule has 0 radical (unpaired) electrons. The molecule has 0 spiro atoms. The van der Waals surface area contributed by atoms with Crippen LogP contribution in [0.5, 0.6) is 0 Å². The lowest BCUT2D eigenvalue weighted by molar-refractivity contribution is -0.155. The number of carbonyl (C=O) groups is 3. The van der Waals surface area contributed by atoms with Crippen LogP contribution in [0.1, 0.15) is 35.1 Å². The summed E-state index contributed by atoms with van der Waals surface area (Å²) in [7, 11) is 0. The quantitative estimate of drug-likeness (QED) is 0.234. The van der Waals surface area contributed by atoms with E-state index in [4.69, 9.17) is 4.74 Å². The maximum Gasteiger partial charge on any atom is 0.396 e. The monoisotopic (exact) mass is 454 g/mol. The molecule has 6 heteroatoms. The third-order valence-corrected chi connectivity index (χ3v) is 5.85. The number of hydrogen-bond acceptors (Lipinski definition) is 4. The lowest BCUT2D eigenvalue weighted by Crippen LogP contribution is -2.43. The van der Waals surface area contributed by atoms with Crippen molar-refractivity contribution in [1.82, 2.24) is 10.6 Å². The van der Waals surface area contributed by atoms with Crippen molar-refractivity contribution in [3.05, 3.63) is 108 Å². The van der Waals surface area contributed by atoms with Gasteiger partial charge in [0, 0.05) is 12.5 Å². The fraction of sp³-hybridized carbons (Fsp3) is 0.179. The van der Waals surface area contributed by atoms with Crippen LogP contribution < -0.4 is 10.6 Å². The largest absolute Gasteiger partial charge is 0.458 e. The number of fused-ring (bicyclic) bond motifs is 3. The number of carbonyl (C=O) groups excluding carboxylic acids is 3. The van der Waals surface area contributed by atoms with Crippen LogP contribution in [0.2, 0.25) is 0 Å². The second kappa shape index (κ2) is 10.6. The molecule has 34 heavy (non-hydrogen) atoms. The molecule has 0 saturated heterocycles. The molecule has 0 aliphatic heterocycles. The Kier molecular flexibility index (Phi) is 7.18. The maximum absolute atomic E-state index is 12.7. The highest BCUT2D eigenvalue weighted by Gasteiger charge is 2.31. The molecule has 0 saturated carbocycles. The Hall–Kier alpha value is -4.19. The molecule has 0 heterocycles. The van der Waals surface area contributed by atoms with Gasteiger partial charge in [0.2, 0.25) is 5.91 Å². The van der Waals surface area contributed by atoms with Gasteiger partial charge in [-0.2, -0.15) is 0 Å². The van der Waals surface area contributed by atoms with Gasteiger partial charge in [-0.05, 0) is 34.2 Å². The number of benzene rings is 3. The van der Waals surface area contributed by atoms with E-state index in [0.717, 1.165) is 22.3 Å². The number of ether oxygens (including phenoxy) is 1. The molecule has 1 aliphatic rings. The van der Waals surface area contributed by atoms with E-state index in [1.807, 2.05) is 54.6 Å². The van der Waals surface area contributed by atoms with Gasteiger partial charge in [0.25, 0.3) is 0 Å². The molecule has 172 valence electrons. The molecule has 6 nitrogen and oxygen atoms in total. The molecule has 1 atom stereocenters. The van der Waals surface area contributed by atoms with E-state index in [-0.39, 0.29) is 12.5 Å². The zero-order chi connectivity index (χ0) is 23.9. The van der Waals surface area contributed by atoms with Gasteiger partial charge in [0.1, 0.15) is 12.6 Å². The second-order valence-corrected chi connectivity index (χ2v) is 8.01. The van der Waals surface area contributed by atoms with Crippen molar-refractivity contribution >= 4 is 17.8 Å². The molecule has 2 N–H and O–H groups in total. The lowest BCUT2D eigenvalue weighted by atomic mass is 9.98. The maximum atomic E-state index is 12.7. The summed E-state index contributed by atoms with van der Waals surface area (Å²) in [5.74, 6) is -2.56. The Balaban J connectivity index is 1.44. The third-order valence-electron chi connectivity index (χ3n) is 5.85. The molecule has 0 aromatic heterocycles. The van der Waals surface area contributed by atoms with Crippen LogP contribution >= 0.6 is 0 Å². The Bertz CT molecular complexity index is 1160. The number of amides is 2. The zero-order valence-electron chi connectivity index (χ0n) is 18.7. The molecule has 2 amide bonds. The molecule has 3 aromatic rings. The first-order valence-corrected chi connectivity index (χ1v) is 11.2. The normalized spacial score (nSPS) is 12.7. The lowest BCUT2D eigenvalue weighted by Gasteiger charge is -2.19. The summed E-state index contributed by atoms with van der Waals surface area (Å²) in [5.41, 5.74) is 4.88. The molecule has 0 fully saturated rings. The van der Waals surface area contributed by atoms with Crippen molar-refractivity contribution in [2.24, 2.45) is 0 Å². The molecule has 3 aromatic carbocycles. The van der Waals surface area contributed by atoms with Crippen molar-refractivity contribution in [2.75, 3.05) is 13.2 Å². The first kappa shape index (κ1) is 23.0. The molecular weight excluding hydrogens is 428 g/mol. The molecular formula is C28H26N2O4. The smallest absolute Gasteiger partial charge is 0.396 e. The van der Waals surface area contributed by atoms with Crippen molar-refractivity contribution < 1.29 is 19.1 Å². The fourth-order valence-corrected chi connectivity index (χ4v) is 4.20. The Labute approximate surface area is 198 Å². The summed E-state index contributed by atoms with van der Waals surface area (Å²) in [4.78, 5) is 38.0. The first-order valence-electron chi connectivity index (χ1n) is 11.2. The van der Waals surface area contributed by atoms with Crippen LogP contribution in [0.4, 0.5) is 0 Å². The van der Waals surface area contributed by atoms with E-state index >= 15 is 0 Å². The van der Waals surface area contributed by atoms with Gasteiger partial charge in [-0.25, -0.2) is 4.79 Å². The van der Waals surface area contributed by atoms with E-state index in [1.54, 1.807) is 30.3 Å². The number of hydrogen-bond donors (Lipinski definition) is 2. The standard InChI is InChI=1S/C28H26N2O4/c1-2-3-17-29-26(31)25(19-11-5-4-6-12-19)30-27(32)28(33)34-18-24-22-15-9-7-13-20(22)21-14-8-10-16-23(21)24/h2,4-16,24-25H,1,3,17-18H2,(H,29,31)(H,30,32)/t25-/m1/s1. The average Bonchev–Trinajstić information content (AvgIpc) is 3.20. The highest BCUT2D eigenvalue weighted by molar-refractivity contribution is 6.33. The summed E-state index contributed by atoms with van der Waals surface area (Å²) in [6, 6.07) is 23.7. The number of nitrogens with one attached hydrogen (secondary N) is 2. The van der Waals surface area contributed by atoms with Crippen molar-refractivity contribution in [1.29, 1.82) is 0 Å². The highest BCUT2D eigenvalue weighted by Crippen LogP contribution is 2.44. The zero-order valence-corrected chi connectivity index (χ0v) is 18.7. The van der Waals surface area contributed by atoms with Crippen molar-refractivity contribution in [3.63, 3.8) is 0 Å². The van der Waals surface area contributed by atoms with Crippen molar-refractivity contribution in [3.8, 4) is 11.1 Å². The predicted octanol–water partition coefficient (Wildman–Crippen LogP) is 3.89. The van der Waals surface area contributed by atoms with Gasteiger partial charge < -0.3 is 15.4 Å². The minimum Gasteiger partial charge on any atom is -0.458 e. The topological polar surface area (TPSA) is 84.5 Å². The second-order valence-electron chi connectivity index (χ2n) is 8.01. The molecule has 1 aliphatic carbocycles. The Morgan fingerprint density at radius 3 is 2.09 bits per heavy atom. The predicted molar refractivity (Wildman–Crippen MR) is 130 cm³/mol. The summed E-state index contributed by atoms with van der Waals surface area (Å²) >= 11 is 0. The van der Waals surface area contributed by atoms with E-state index in [9.17, 15) is 14.4 Å². The van der Waals surface area contributed by atoms with Gasteiger partial charge in [-0.1, -0.05) is 84.9 Å². The highest BCUT2D eigenvalue weighted by atomic mass is 16.5. The molecule has 0 bridgehead atoms. The summed E-state index contributed by atoms with van der Waals surface area (Å²) in [6.45, 7) is 4.04. The van der Waals surface area contributed by atoms with E-state index < -0.39 is 23.8 Å². The SMILES string of the molecule is C=CCCNC(=O)[C@H](NC(=O)C(=O)OCC1c2ccccc2-c2ccccc21)c1ccccc1. The summed E-state index contributed by atoms with van der Waals surface area (Å²) < 4.78 is 5.42. The van der Waals surface area contributed by atoms with Gasteiger partial charge in [0.15, 0.2) is 0 Å². The number of rotatable bonds is 8. The third kappa shape index (κ3) is 4.91. The van der Waals surface area contributed by atoms with Crippen LogP contribution in [0.15, 0.2) is 91.5 Å². The van der Waals surface area contributed by atoms with E-state index in [0.29, 0.717) is 18.5 Å². The van der Waals surface area contributed by atoms with Crippen LogP contribution in [-0.4, -0.2) is 30.9 Å². The van der Waals surface area contributed by atoms with Crippen molar-refractivity contribution in [2.45, 2.75) is 18.4 Å². The van der Waals surface area contributed by atoms with Gasteiger partial charge in [0.05, 0.1) is 0 Å². The Morgan fingerprint density at radius 1 is 0.882 bits per heavy atom. The number of esters is 1. The Morgan fingerprint density at radius 2 is 1.47 bits per heavy atom. The fourth-order valence-electron chi connectivity index (χ4n) is 4.20. The molecule has 0 unspecified atom stereocenters. The van der Waals surface area contributed by atoms with Gasteiger partial charge >= 0.3 is 11.9 Å².